The second-order valence-electron chi connectivity index (χ2n) is 4.22. The highest BCUT2D eigenvalue weighted by molar-refractivity contribution is 14.1. The van der Waals surface area contributed by atoms with Crippen LogP contribution < -0.4 is 0 Å². The third-order valence-electron chi connectivity index (χ3n) is 2.84. The number of rotatable bonds is 2. The number of hydrogen-bond donors (Lipinski definition) is 0. The van der Waals surface area contributed by atoms with Gasteiger partial charge in [0.05, 0.1) is 0 Å². The predicted octanol–water partition coefficient (Wildman–Crippen LogP) is 3.64. The summed E-state index contributed by atoms with van der Waals surface area (Å²) in [6.07, 6.45) is 1.75. The lowest BCUT2D eigenvalue weighted by atomic mass is 10.2. The molecule has 0 amide bonds. The molecule has 0 aliphatic carbocycles. The number of cyclic esters (lactones) is 1. The van der Waals surface area contributed by atoms with Gasteiger partial charge in [-0.05, 0) is 52.4 Å². The second-order valence-corrected chi connectivity index (χ2v) is 5.39. The van der Waals surface area contributed by atoms with Crippen LogP contribution in [0.5, 0.6) is 0 Å². The first kappa shape index (κ1) is 13.1. The van der Waals surface area contributed by atoms with Gasteiger partial charge in [-0.25, -0.2) is 9.79 Å². The third-order valence-corrected chi connectivity index (χ3v) is 3.82. The van der Waals surface area contributed by atoms with Gasteiger partial charge in [-0.3, -0.25) is 0 Å². The molecule has 0 spiro atoms. The molecule has 0 fully saturated rings. The molecule has 1 heterocycles. The van der Waals surface area contributed by atoms with E-state index in [-0.39, 0.29) is 0 Å². The molecule has 1 aliphatic rings. The lowest BCUT2D eigenvalue weighted by molar-refractivity contribution is -0.129. The molecule has 0 atom stereocenters. The van der Waals surface area contributed by atoms with Crippen molar-refractivity contribution < 1.29 is 9.53 Å². The summed E-state index contributed by atoms with van der Waals surface area (Å²) in [4.78, 5) is 16.1. The van der Waals surface area contributed by atoms with Crippen molar-refractivity contribution in [2.75, 3.05) is 0 Å². The van der Waals surface area contributed by atoms with E-state index < -0.39 is 5.97 Å². The van der Waals surface area contributed by atoms with Crippen LogP contribution in [0.1, 0.15) is 11.1 Å². The van der Waals surface area contributed by atoms with Crippen LogP contribution >= 0.6 is 22.6 Å². The topological polar surface area (TPSA) is 38.7 Å². The van der Waals surface area contributed by atoms with Crippen molar-refractivity contribution >= 4 is 40.5 Å². The molecule has 0 aromatic heterocycles. The van der Waals surface area contributed by atoms with Crippen LogP contribution in [0.2, 0.25) is 0 Å². The summed E-state index contributed by atoms with van der Waals surface area (Å²) in [7, 11) is 0. The van der Waals surface area contributed by atoms with Crippen LogP contribution in [0.4, 0.5) is 0 Å². The standard InChI is InChI=1S/C16H10INO2/c17-13-9-5-4-8-12(13)10-14-16(19)20-15(18-14)11-6-2-1-3-7-11/h1-10H/b14-10-. The lowest BCUT2D eigenvalue weighted by Crippen LogP contribution is -2.04. The number of halogens is 1. The predicted molar refractivity (Wildman–Crippen MR) is 86.2 cm³/mol. The average Bonchev–Trinajstić information content (AvgIpc) is 2.84. The van der Waals surface area contributed by atoms with Gasteiger partial charge in [-0.1, -0.05) is 36.4 Å². The van der Waals surface area contributed by atoms with E-state index in [9.17, 15) is 4.79 Å². The van der Waals surface area contributed by atoms with Crippen LogP contribution in [0.3, 0.4) is 0 Å². The summed E-state index contributed by atoms with van der Waals surface area (Å²) in [5.74, 6) is -0.0590. The number of hydrogen-bond acceptors (Lipinski definition) is 3. The Morgan fingerprint density at radius 1 is 1.00 bits per heavy atom. The maximum Gasteiger partial charge on any atom is 0.363 e. The van der Waals surface area contributed by atoms with E-state index in [0.29, 0.717) is 11.6 Å². The fourth-order valence-corrected chi connectivity index (χ4v) is 2.40. The monoisotopic (exact) mass is 375 g/mol. The highest BCUT2D eigenvalue weighted by atomic mass is 127. The van der Waals surface area contributed by atoms with E-state index in [2.05, 4.69) is 27.6 Å². The molecular weight excluding hydrogens is 365 g/mol. The maximum atomic E-state index is 11.9. The Morgan fingerprint density at radius 2 is 1.70 bits per heavy atom. The minimum Gasteiger partial charge on any atom is -0.402 e. The van der Waals surface area contributed by atoms with E-state index in [1.807, 2.05) is 54.6 Å². The molecule has 20 heavy (non-hydrogen) atoms. The van der Waals surface area contributed by atoms with E-state index in [1.54, 1.807) is 6.08 Å². The van der Waals surface area contributed by atoms with Crippen LogP contribution in [0.15, 0.2) is 65.3 Å². The van der Waals surface area contributed by atoms with Crippen LogP contribution in [0, 0.1) is 3.57 Å². The molecule has 3 rings (SSSR count). The first-order chi connectivity index (χ1) is 9.74. The Bertz CT molecular complexity index is 720. The van der Waals surface area contributed by atoms with Crippen LogP contribution in [-0.4, -0.2) is 11.9 Å². The molecule has 2 aromatic carbocycles. The molecule has 0 radical (unpaired) electrons. The molecular formula is C16H10INO2. The van der Waals surface area contributed by atoms with Gasteiger partial charge in [-0.2, -0.15) is 0 Å². The second kappa shape index (κ2) is 5.58. The van der Waals surface area contributed by atoms with Crippen LogP contribution in [-0.2, 0) is 9.53 Å². The van der Waals surface area contributed by atoms with Gasteiger partial charge < -0.3 is 4.74 Å². The van der Waals surface area contributed by atoms with Gasteiger partial charge in [0.15, 0.2) is 5.70 Å². The maximum absolute atomic E-state index is 11.9. The van der Waals surface area contributed by atoms with Crippen molar-refractivity contribution in [1.29, 1.82) is 0 Å². The molecule has 0 N–H and O–H groups in total. The van der Waals surface area contributed by atoms with Crippen molar-refractivity contribution in [2.24, 2.45) is 4.99 Å². The van der Waals surface area contributed by atoms with Gasteiger partial charge in [0, 0.05) is 9.13 Å². The summed E-state index contributed by atoms with van der Waals surface area (Å²) in [6, 6.07) is 17.2. The summed E-state index contributed by atoms with van der Waals surface area (Å²) in [6.45, 7) is 0. The van der Waals surface area contributed by atoms with Gasteiger partial charge in [0.1, 0.15) is 0 Å². The summed E-state index contributed by atoms with van der Waals surface area (Å²) >= 11 is 2.23. The fourth-order valence-electron chi connectivity index (χ4n) is 1.85. The molecule has 0 saturated carbocycles. The summed E-state index contributed by atoms with van der Waals surface area (Å²) in [5, 5.41) is 0. The first-order valence-corrected chi connectivity index (χ1v) is 7.14. The fraction of sp³-hybridized carbons (Fsp3) is 0. The van der Waals surface area contributed by atoms with E-state index in [0.717, 1.165) is 14.7 Å². The minimum absolute atomic E-state index is 0.327. The largest absolute Gasteiger partial charge is 0.402 e. The Balaban J connectivity index is 1.97. The number of carbonyl (C=O) groups excluding carboxylic acids is 1. The number of nitrogens with zero attached hydrogens (tertiary/aromatic N) is 1. The van der Waals surface area contributed by atoms with E-state index >= 15 is 0 Å². The van der Waals surface area contributed by atoms with E-state index in [4.69, 9.17) is 4.74 Å². The van der Waals surface area contributed by atoms with Crippen molar-refractivity contribution in [3.8, 4) is 0 Å². The molecule has 0 saturated heterocycles. The SMILES string of the molecule is O=C1OC(c2ccccc2)=N/C1=C\c1ccccc1I. The van der Waals surface area contributed by atoms with Crippen molar-refractivity contribution in [3.63, 3.8) is 0 Å². The van der Waals surface area contributed by atoms with Gasteiger partial charge in [-0.15, -0.1) is 0 Å². The zero-order chi connectivity index (χ0) is 13.9. The van der Waals surface area contributed by atoms with Gasteiger partial charge >= 0.3 is 5.97 Å². The Morgan fingerprint density at radius 3 is 2.45 bits per heavy atom. The number of aliphatic imine (C=N–C) groups is 1. The van der Waals surface area contributed by atoms with Crippen LogP contribution in [0.25, 0.3) is 6.08 Å². The number of carbonyl (C=O) groups is 1. The van der Waals surface area contributed by atoms with Crippen molar-refractivity contribution in [2.45, 2.75) is 0 Å². The Hall–Kier alpha value is -1.95. The Labute approximate surface area is 130 Å². The van der Waals surface area contributed by atoms with Gasteiger partial charge in [0.25, 0.3) is 0 Å². The third kappa shape index (κ3) is 2.65. The first-order valence-electron chi connectivity index (χ1n) is 6.06. The summed E-state index contributed by atoms with van der Waals surface area (Å²) in [5.41, 5.74) is 2.08. The smallest absolute Gasteiger partial charge is 0.363 e. The summed E-state index contributed by atoms with van der Waals surface area (Å²) < 4.78 is 6.28. The minimum atomic E-state index is -0.413. The zero-order valence-electron chi connectivity index (χ0n) is 10.4. The number of benzene rings is 2. The van der Waals surface area contributed by atoms with Crippen molar-refractivity contribution in [3.05, 3.63) is 75.0 Å². The van der Waals surface area contributed by atoms with Gasteiger partial charge in [0.2, 0.25) is 5.90 Å². The molecule has 3 nitrogen and oxygen atoms in total. The highest BCUT2D eigenvalue weighted by Gasteiger charge is 2.24. The molecule has 2 aromatic rings. The molecule has 98 valence electrons. The molecule has 0 bridgehead atoms. The quantitative estimate of drug-likeness (QED) is 0.457. The zero-order valence-corrected chi connectivity index (χ0v) is 12.6. The molecule has 1 aliphatic heterocycles. The lowest BCUT2D eigenvalue weighted by Gasteiger charge is -1.97. The number of esters is 1. The molecule has 4 heteroatoms. The average molecular weight is 375 g/mol. The highest BCUT2D eigenvalue weighted by Crippen LogP contribution is 2.21. The van der Waals surface area contributed by atoms with E-state index in [1.165, 1.54) is 0 Å². The molecule has 0 unspecified atom stereocenters. The van der Waals surface area contributed by atoms with Crippen molar-refractivity contribution in [1.82, 2.24) is 0 Å². The number of ether oxygens (including phenoxy) is 1. The Kier molecular flexibility index (Phi) is 3.64. The normalized spacial score (nSPS) is 16.1.